The van der Waals surface area contributed by atoms with Gasteiger partial charge in [0, 0.05) is 42.2 Å². The maximum absolute atomic E-state index is 12.8. The van der Waals surface area contributed by atoms with E-state index < -0.39 is 0 Å². The van der Waals surface area contributed by atoms with Gasteiger partial charge in [-0.1, -0.05) is 17.7 Å². The highest BCUT2D eigenvalue weighted by atomic mass is 32.2. The Hall–Kier alpha value is -0.610. The molecule has 1 saturated heterocycles. The Kier molecular flexibility index (Phi) is 3.49. The molecule has 0 bridgehead atoms. The molecule has 2 nitrogen and oxygen atoms in total. The van der Waals surface area contributed by atoms with E-state index in [1.165, 1.54) is 42.0 Å². The van der Waals surface area contributed by atoms with Crippen LogP contribution in [0.25, 0.3) is 0 Å². The minimum atomic E-state index is 0.0642. The molecule has 0 aromatic carbocycles. The maximum atomic E-state index is 12.8. The first-order valence-corrected chi connectivity index (χ1v) is 11.0. The lowest BCUT2D eigenvalue weighted by atomic mass is 9.77. The molecule has 0 aromatic rings. The first-order chi connectivity index (χ1) is 11.3. The number of fused-ring (bicyclic) bond motifs is 4. The van der Waals surface area contributed by atoms with E-state index in [2.05, 4.69) is 40.6 Å². The third-order valence-corrected chi connectivity index (χ3v) is 9.49. The van der Waals surface area contributed by atoms with Crippen molar-refractivity contribution in [3.8, 4) is 0 Å². The van der Waals surface area contributed by atoms with Gasteiger partial charge in [0.05, 0.1) is 10.1 Å². The van der Waals surface area contributed by atoms with Crippen LogP contribution < -0.4 is 0 Å². The summed E-state index contributed by atoms with van der Waals surface area (Å²) in [4.78, 5) is 15.4. The van der Waals surface area contributed by atoms with Crippen LogP contribution in [0.4, 0.5) is 0 Å². The smallest absolute Gasteiger partial charge is 0.162 e. The first kappa shape index (κ1) is 14.7. The summed E-state index contributed by atoms with van der Waals surface area (Å²) in [6, 6.07) is 0.526. The molecule has 1 atom stereocenters. The minimum Gasteiger partial charge on any atom is -0.367 e. The van der Waals surface area contributed by atoms with Crippen LogP contribution in [0.2, 0.25) is 0 Å². The number of carbonyl (C=O) groups excluding carboxylic acids is 1. The summed E-state index contributed by atoms with van der Waals surface area (Å²) >= 11 is 4.12. The van der Waals surface area contributed by atoms with Crippen molar-refractivity contribution in [2.75, 3.05) is 18.1 Å². The summed E-state index contributed by atoms with van der Waals surface area (Å²) in [5, 5.41) is 0. The normalized spacial score (nSPS) is 32.3. The van der Waals surface area contributed by atoms with Gasteiger partial charge in [-0.25, -0.2) is 0 Å². The van der Waals surface area contributed by atoms with Crippen LogP contribution in [-0.4, -0.2) is 38.9 Å². The van der Waals surface area contributed by atoms with Crippen LogP contribution in [0.5, 0.6) is 0 Å². The fraction of sp³-hybridized carbons (Fsp3) is 0.632. The number of ketones is 1. The predicted molar refractivity (Wildman–Crippen MR) is 98.7 cm³/mol. The van der Waals surface area contributed by atoms with Gasteiger partial charge in [0.2, 0.25) is 0 Å². The number of nitrogens with zero attached hydrogens (tertiary/aromatic N) is 1. The Balaban J connectivity index is 1.65. The van der Waals surface area contributed by atoms with E-state index in [0.717, 1.165) is 32.2 Å². The SMILES string of the molecule is O=C1CCCC2=C1C1(CC3C4=C(CCC=C4)CCN23)SCCS1. The molecule has 1 unspecified atom stereocenters. The Morgan fingerprint density at radius 2 is 2.00 bits per heavy atom. The van der Waals surface area contributed by atoms with Crippen molar-refractivity contribution in [2.45, 2.75) is 55.1 Å². The van der Waals surface area contributed by atoms with E-state index in [4.69, 9.17) is 0 Å². The van der Waals surface area contributed by atoms with Crippen LogP contribution >= 0.6 is 23.5 Å². The van der Waals surface area contributed by atoms with Crippen molar-refractivity contribution in [1.29, 1.82) is 0 Å². The van der Waals surface area contributed by atoms with Gasteiger partial charge in [-0.05, 0) is 37.7 Å². The maximum Gasteiger partial charge on any atom is 0.162 e. The minimum absolute atomic E-state index is 0.0642. The van der Waals surface area contributed by atoms with E-state index in [1.54, 1.807) is 11.1 Å². The van der Waals surface area contributed by atoms with Crippen molar-refractivity contribution in [3.05, 3.63) is 34.6 Å². The molecule has 23 heavy (non-hydrogen) atoms. The van der Waals surface area contributed by atoms with E-state index >= 15 is 0 Å². The summed E-state index contributed by atoms with van der Waals surface area (Å²) < 4.78 is 0.0642. The second kappa shape index (κ2) is 5.45. The number of allylic oxidation sites excluding steroid dienone is 2. The molecule has 1 spiro atoms. The molecule has 5 aliphatic rings. The van der Waals surface area contributed by atoms with E-state index in [1.807, 2.05) is 0 Å². The highest BCUT2D eigenvalue weighted by molar-refractivity contribution is 8.21. The lowest BCUT2D eigenvalue weighted by Gasteiger charge is -2.52. The number of hydrogen-bond acceptors (Lipinski definition) is 4. The van der Waals surface area contributed by atoms with Crippen molar-refractivity contribution in [3.63, 3.8) is 0 Å². The fourth-order valence-electron chi connectivity index (χ4n) is 5.09. The van der Waals surface area contributed by atoms with Gasteiger partial charge < -0.3 is 4.90 Å². The van der Waals surface area contributed by atoms with Gasteiger partial charge in [-0.15, -0.1) is 23.5 Å². The van der Waals surface area contributed by atoms with Crippen LogP contribution in [0.1, 0.15) is 44.9 Å². The highest BCUT2D eigenvalue weighted by Gasteiger charge is 2.52. The molecular weight excluding hydrogens is 322 g/mol. The molecule has 1 fully saturated rings. The quantitative estimate of drug-likeness (QED) is 0.652. The highest BCUT2D eigenvalue weighted by Crippen LogP contribution is 2.59. The van der Waals surface area contributed by atoms with Crippen LogP contribution in [0.3, 0.4) is 0 Å². The number of carbonyl (C=O) groups is 1. The van der Waals surface area contributed by atoms with Gasteiger partial charge in [-0.2, -0.15) is 0 Å². The molecule has 3 aliphatic heterocycles. The fourth-order valence-corrected chi connectivity index (χ4v) is 8.55. The molecule has 0 aromatic heterocycles. The van der Waals surface area contributed by atoms with E-state index in [0.29, 0.717) is 11.8 Å². The van der Waals surface area contributed by atoms with Crippen molar-refractivity contribution < 1.29 is 4.79 Å². The van der Waals surface area contributed by atoms with Gasteiger partial charge >= 0.3 is 0 Å². The largest absolute Gasteiger partial charge is 0.367 e. The van der Waals surface area contributed by atoms with Crippen LogP contribution in [0, 0.1) is 0 Å². The van der Waals surface area contributed by atoms with E-state index in [9.17, 15) is 4.79 Å². The Morgan fingerprint density at radius 3 is 2.87 bits per heavy atom. The summed E-state index contributed by atoms with van der Waals surface area (Å²) in [6.45, 7) is 1.13. The Morgan fingerprint density at radius 1 is 1.13 bits per heavy atom. The number of rotatable bonds is 0. The van der Waals surface area contributed by atoms with Gasteiger partial charge in [0.1, 0.15) is 0 Å². The van der Waals surface area contributed by atoms with Gasteiger partial charge in [-0.3, -0.25) is 4.79 Å². The molecule has 0 saturated carbocycles. The standard InChI is InChI=1S/C19H23NOS2/c21-17-7-3-6-15-18(17)19(22-10-11-23-19)12-16-14-5-2-1-4-13(14)8-9-20(15)16/h2,5,16H,1,3-4,6-12H2. The molecule has 2 aliphatic carbocycles. The average Bonchev–Trinajstić information content (AvgIpc) is 3.03. The van der Waals surface area contributed by atoms with Crippen LogP contribution in [0.15, 0.2) is 34.6 Å². The predicted octanol–water partition coefficient (Wildman–Crippen LogP) is 4.29. The van der Waals surface area contributed by atoms with Crippen molar-refractivity contribution >= 4 is 29.3 Å². The zero-order valence-electron chi connectivity index (χ0n) is 13.5. The summed E-state index contributed by atoms with van der Waals surface area (Å²) in [7, 11) is 0. The molecule has 3 heterocycles. The zero-order valence-corrected chi connectivity index (χ0v) is 15.1. The zero-order chi connectivity index (χ0) is 15.4. The number of Topliss-reactive ketones (excluding diaryl/α,β-unsaturated/α-hetero) is 1. The summed E-state index contributed by atoms with van der Waals surface area (Å²) in [6.07, 6.45) is 12.5. The van der Waals surface area contributed by atoms with Gasteiger partial charge in [0.25, 0.3) is 0 Å². The van der Waals surface area contributed by atoms with Crippen molar-refractivity contribution in [1.82, 2.24) is 4.90 Å². The third-order valence-electron chi connectivity index (χ3n) is 6.04. The molecule has 122 valence electrons. The van der Waals surface area contributed by atoms with Crippen LogP contribution in [-0.2, 0) is 4.79 Å². The number of thioether (sulfide) groups is 2. The molecule has 0 radical (unpaired) electrons. The molecule has 0 N–H and O–H groups in total. The van der Waals surface area contributed by atoms with Crippen molar-refractivity contribution in [2.24, 2.45) is 0 Å². The molecular formula is C19H23NOS2. The lowest BCUT2D eigenvalue weighted by molar-refractivity contribution is -0.116. The summed E-state index contributed by atoms with van der Waals surface area (Å²) in [5.74, 6) is 2.84. The monoisotopic (exact) mass is 345 g/mol. The first-order valence-electron chi connectivity index (χ1n) is 8.98. The van der Waals surface area contributed by atoms with Gasteiger partial charge in [0.15, 0.2) is 5.78 Å². The topological polar surface area (TPSA) is 20.3 Å². The second-order valence-electron chi connectivity index (χ2n) is 7.21. The second-order valence-corrected chi connectivity index (χ2v) is 10.3. The average molecular weight is 346 g/mol. The molecule has 0 amide bonds. The summed E-state index contributed by atoms with van der Waals surface area (Å²) in [5.41, 5.74) is 5.93. The molecule has 4 heteroatoms. The Bertz CT molecular complexity index is 654. The Labute approximate surface area is 146 Å². The third kappa shape index (κ3) is 2.13. The molecule has 5 rings (SSSR count). The lowest BCUT2D eigenvalue weighted by Crippen LogP contribution is -2.51. The number of hydrogen-bond donors (Lipinski definition) is 0. The van der Waals surface area contributed by atoms with E-state index in [-0.39, 0.29) is 4.08 Å².